The van der Waals surface area contributed by atoms with E-state index in [-0.39, 0.29) is 6.10 Å². The summed E-state index contributed by atoms with van der Waals surface area (Å²) in [6.45, 7) is 0.472. The van der Waals surface area contributed by atoms with E-state index in [1.807, 2.05) is 30.3 Å². The highest BCUT2D eigenvalue weighted by Gasteiger charge is 2.14. The highest BCUT2D eigenvalue weighted by molar-refractivity contribution is 5.39. The Kier molecular flexibility index (Phi) is 3.96. The molecule has 3 N–H and O–H groups in total. The molecule has 0 radical (unpaired) electrons. The van der Waals surface area contributed by atoms with Crippen molar-refractivity contribution in [2.75, 3.05) is 5.73 Å². The Hall–Kier alpha value is -2.30. The van der Waals surface area contributed by atoms with E-state index in [9.17, 15) is 4.79 Å². The lowest BCUT2D eigenvalue weighted by atomic mass is 10.0. The number of carbonyl (C=O) groups is 1. The van der Waals surface area contributed by atoms with Crippen LogP contribution in [0.15, 0.2) is 36.7 Å². The summed E-state index contributed by atoms with van der Waals surface area (Å²) < 4.78 is 5.09. The lowest BCUT2D eigenvalue weighted by Gasteiger charge is -2.14. The topological polar surface area (TPSA) is 81.0 Å². The predicted molar refractivity (Wildman–Crippen MR) is 67.8 cm³/mol. The summed E-state index contributed by atoms with van der Waals surface area (Å²) >= 11 is 0. The molecular weight excluding hydrogens is 230 g/mol. The number of aromatic nitrogens is 2. The van der Waals surface area contributed by atoms with Gasteiger partial charge in [-0.2, -0.15) is 0 Å². The average molecular weight is 245 g/mol. The van der Waals surface area contributed by atoms with E-state index in [1.165, 1.54) is 6.33 Å². The lowest BCUT2D eigenvalue weighted by molar-refractivity contribution is -0.133. The summed E-state index contributed by atoms with van der Waals surface area (Å²) in [4.78, 5) is 17.4. The minimum atomic E-state index is -0.243. The fourth-order valence-corrected chi connectivity index (χ4v) is 1.85. The number of nitrogen functional groups attached to an aromatic ring is 1. The zero-order chi connectivity index (χ0) is 12.8. The molecule has 5 nitrogen and oxygen atoms in total. The number of imidazole rings is 1. The molecule has 1 aromatic heterocycles. The van der Waals surface area contributed by atoms with E-state index in [0.717, 1.165) is 11.3 Å². The van der Waals surface area contributed by atoms with E-state index in [4.69, 9.17) is 10.5 Å². The molecule has 0 spiro atoms. The van der Waals surface area contributed by atoms with Crippen LogP contribution >= 0.6 is 0 Å². The number of aromatic amines is 1. The molecule has 5 heteroatoms. The summed E-state index contributed by atoms with van der Waals surface area (Å²) in [6, 6.07) is 9.86. The van der Waals surface area contributed by atoms with Gasteiger partial charge in [0.2, 0.25) is 0 Å². The van der Waals surface area contributed by atoms with Crippen LogP contribution in [-0.2, 0) is 22.4 Å². The van der Waals surface area contributed by atoms with Gasteiger partial charge in [-0.15, -0.1) is 0 Å². The molecule has 2 rings (SSSR count). The summed E-state index contributed by atoms with van der Waals surface area (Å²) in [6.07, 6.45) is 2.47. The second-order valence-electron chi connectivity index (χ2n) is 4.01. The number of ether oxygens (including phenoxy) is 1. The van der Waals surface area contributed by atoms with Crippen LogP contribution in [0.4, 0.5) is 5.82 Å². The molecule has 2 aromatic rings. The molecule has 0 aliphatic rings. The molecule has 0 bridgehead atoms. The number of hydrogen-bond acceptors (Lipinski definition) is 4. The smallest absolute Gasteiger partial charge is 0.293 e. The van der Waals surface area contributed by atoms with Crippen molar-refractivity contribution in [2.45, 2.75) is 18.9 Å². The fraction of sp³-hybridized carbons (Fsp3) is 0.231. The number of rotatable bonds is 6. The van der Waals surface area contributed by atoms with Crippen molar-refractivity contribution in [3.63, 3.8) is 0 Å². The van der Waals surface area contributed by atoms with Gasteiger partial charge in [-0.3, -0.25) is 4.79 Å². The standard InChI is InChI=1S/C13H15N3O2/c14-13-12(15-8-16-13)7-11(18-9-17)6-10-4-2-1-3-5-10/h1-5,8-9,11H,6-7,14H2,(H,15,16). The Morgan fingerprint density at radius 2 is 2.11 bits per heavy atom. The Morgan fingerprint density at radius 3 is 2.72 bits per heavy atom. The minimum Gasteiger partial charge on any atom is -0.464 e. The minimum absolute atomic E-state index is 0.243. The maximum absolute atomic E-state index is 10.5. The molecule has 0 fully saturated rings. The first-order valence-electron chi connectivity index (χ1n) is 5.70. The summed E-state index contributed by atoms with van der Waals surface area (Å²) in [5, 5.41) is 0. The number of nitrogens with one attached hydrogen (secondary N) is 1. The van der Waals surface area contributed by atoms with Crippen LogP contribution in [0.1, 0.15) is 11.3 Å². The van der Waals surface area contributed by atoms with Crippen LogP contribution < -0.4 is 5.73 Å². The second kappa shape index (κ2) is 5.86. The van der Waals surface area contributed by atoms with Gasteiger partial charge in [0, 0.05) is 12.8 Å². The Morgan fingerprint density at radius 1 is 1.33 bits per heavy atom. The van der Waals surface area contributed by atoms with Crippen LogP contribution in [0.2, 0.25) is 0 Å². The van der Waals surface area contributed by atoms with Crippen LogP contribution in [0.25, 0.3) is 0 Å². The molecule has 0 aliphatic heterocycles. The number of nitrogens with zero attached hydrogens (tertiary/aromatic N) is 1. The normalized spacial score (nSPS) is 12.0. The number of nitrogens with two attached hydrogens (primary N) is 1. The maximum Gasteiger partial charge on any atom is 0.293 e. The Labute approximate surface area is 105 Å². The number of anilines is 1. The van der Waals surface area contributed by atoms with E-state index in [2.05, 4.69) is 9.97 Å². The summed E-state index contributed by atoms with van der Waals surface area (Å²) in [7, 11) is 0. The molecule has 94 valence electrons. The van der Waals surface area contributed by atoms with Crippen LogP contribution in [0, 0.1) is 0 Å². The molecule has 1 aromatic carbocycles. The molecule has 0 saturated carbocycles. The van der Waals surface area contributed by atoms with Crippen molar-refractivity contribution in [1.29, 1.82) is 0 Å². The van der Waals surface area contributed by atoms with Gasteiger partial charge in [0.05, 0.1) is 12.0 Å². The molecule has 0 aliphatic carbocycles. The molecule has 0 saturated heterocycles. The number of hydrogen-bond donors (Lipinski definition) is 2. The molecule has 0 amide bonds. The Balaban J connectivity index is 2.04. The quantitative estimate of drug-likeness (QED) is 0.752. The summed E-state index contributed by atoms with van der Waals surface area (Å²) in [5.41, 5.74) is 7.60. The third-order valence-electron chi connectivity index (χ3n) is 2.74. The largest absolute Gasteiger partial charge is 0.464 e. The zero-order valence-corrected chi connectivity index (χ0v) is 9.87. The molecule has 18 heavy (non-hydrogen) atoms. The number of H-pyrrole nitrogens is 1. The number of carbonyl (C=O) groups excluding carboxylic acids is 1. The van der Waals surface area contributed by atoms with Gasteiger partial charge in [0.15, 0.2) is 0 Å². The molecule has 1 heterocycles. The van der Waals surface area contributed by atoms with Crippen LogP contribution in [0.3, 0.4) is 0 Å². The zero-order valence-electron chi connectivity index (χ0n) is 9.87. The van der Waals surface area contributed by atoms with Gasteiger partial charge in [-0.1, -0.05) is 30.3 Å². The third-order valence-corrected chi connectivity index (χ3v) is 2.74. The fourth-order valence-electron chi connectivity index (χ4n) is 1.85. The van der Waals surface area contributed by atoms with Gasteiger partial charge in [-0.25, -0.2) is 4.98 Å². The third kappa shape index (κ3) is 3.10. The van der Waals surface area contributed by atoms with E-state index < -0.39 is 0 Å². The molecule has 1 unspecified atom stereocenters. The van der Waals surface area contributed by atoms with Crippen molar-refractivity contribution >= 4 is 12.3 Å². The Bertz CT molecular complexity index is 496. The second-order valence-corrected chi connectivity index (χ2v) is 4.01. The van der Waals surface area contributed by atoms with Crippen LogP contribution in [0.5, 0.6) is 0 Å². The van der Waals surface area contributed by atoms with Crippen molar-refractivity contribution in [3.05, 3.63) is 47.9 Å². The SMILES string of the molecule is Nc1nc[nH]c1CC(Cc1ccccc1)OC=O. The van der Waals surface area contributed by atoms with Crippen molar-refractivity contribution in [2.24, 2.45) is 0 Å². The number of benzene rings is 1. The monoisotopic (exact) mass is 245 g/mol. The first kappa shape index (κ1) is 12.2. The average Bonchev–Trinajstić information content (AvgIpc) is 2.77. The summed E-state index contributed by atoms with van der Waals surface area (Å²) in [5.74, 6) is 0.447. The highest BCUT2D eigenvalue weighted by atomic mass is 16.5. The molecular formula is C13H15N3O2. The predicted octanol–water partition coefficient (Wildman–Crippen LogP) is 1.32. The van der Waals surface area contributed by atoms with E-state index in [0.29, 0.717) is 25.1 Å². The van der Waals surface area contributed by atoms with Gasteiger partial charge in [0.25, 0.3) is 6.47 Å². The molecule has 1 atom stereocenters. The first-order valence-corrected chi connectivity index (χ1v) is 5.70. The van der Waals surface area contributed by atoms with Gasteiger partial charge in [-0.05, 0) is 5.56 Å². The van der Waals surface area contributed by atoms with Crippen LogP contribution in [-0.4, -0.2) is 22.5 Å². The maximum atomic E-state index is 10.5. The highest BCUT2D eigenvalue weighted by Crippen LogP contribution is 2.13. The van der Waals surface area contributed by atoms with Gasteiger partial charge >= 0.3 is 0 Å². The van der Waals surface area contributed by atoms with Gasteiger partial charge < -0.3 is 15.5 Å². The lowest BCUT2D eigenvalue weighted by Crippen LogP contribution is -2.19. The van der Waals surface area contributed by atoms with Crippen molar-refractivity contribution in [3.8, 4) is 0 Å². The van der Waals surface area contributed by atoms with Crippen molar-refractivity contribution < 1.29 is 9.53 Å². The van der Waals surface area contributed by atoms with E-state index >= 15 is 0 Å². The first-order chi connectivity index (χ1) is 8.79. The van der Waals surface area contributed by atoms with Crippen molar-refractivity contribution in [1.82, 2.24) is 9.97 Å². The van der Waals surface area contributed by atoms with Gasteiger partial charge in [0.1, 0.15) is 11.9 Å². The van der Waals surface area contributed by atoms with E-state index in [1.54, 1.807) is 0 Å².